The molecule has 0 saturated heterocycles. The van der Waals surface area contributed by atoms with Crippen LogP contribution in [0, 0.1) is 6.92 Å². The summed E-state index contributed by atoms with van der Waals surface area (Å²) in [4.78, 5) is 29.7. The topological polar surface area (TPSA) is 99.0 Å². The molecule has 0 bridgehead atoms. The number of ether oxygens (including phenoxy) is 1. The molecule has 0 aliphatic rings. The van der Waals surface area contributed by atoms with Crippen molar-refractivity contribution >= 4 is 40.0 Å². The van der Waals surface area contributed by atoms with Crippen LogP contribution in [0.5, 0.6) is 0 Å². The van der Waals surface area contributed by atoms with E-state index in [0.29, 0.717) is 28.1 Å². The van der Waals surface area contributed by atoms with Crippen LogP contribution in [0.4, 0.5) is 5.00 Å². The third-order valence-electron chi connectivity index (χ3n) is 3.86. The number of rotatable bonds is 8. The van der Waals surface area contributed by atoms with Crippen molar-refractivity contribution in [2.45, 2.75) is 32.5 Å². The van der Waals surface area contributed by atoms with Gasteiger partial charge in [0.2, 0.25) is 5.91 Å². The third kappa shape index (κ3) is 5.01. The number of hydrogen-bond acceptors (Lipinski definition) is 8. The largest absolute Gasteiger partial charge is 0.462 e. The highest BCUT2D eigenvalue weighted by molar-refractivity contribution is 7.99. The monoisotopic (exact) mass is 431 g/mol. The minimum absolute atomic E-state index is 0.138. The van der Waals surface area contributed by atoms with Gasteiger partial charge in [-0.3, -0.25) is 9.78 Å². The molecule has 29 heavy (non-hydrogen) atoms. The van der Waals surface area contributed by atoms with Gasteiger partial charge in [-0.25, -0.2) is 4.79 Å². The fourth-order valence-electron chi connectivity index (χ4n) is 2.63. The van der Waals surface area contributed by atoms with Gasteiger partial charge in [0.1, 0.15) is 10.7 Å². The molecule has 3 heterocycles. The van der Waals surface area contributed by atoms with Gasteiger partial charge in [-0.05, 0) is 39.0 Å². The number of nitrogens with one attached hydrogen (secondary N) is 1. The van der Waals surface area contributed by atoms with Gasteiger partial charge in [-0.2, -0.15) is 0 Å². The molecule has 0 aromatic carbocycles. The zero-order chi connectivity index (χ0) is 20.8. The molecule has 0 unspecified atom stereocenters. The van der Waals surface area contributed by atoms with Gasteiger partial charge >= 0.3 is 5.97 Å². The zero-order valence-corrected chi connectivity index (χ0v) is 18.0. The maximum Gasteiger partial charge on any atom is 0.341 e. The van der Waals surface area contributed by atoms with Crippen LogP contribution in [0.1, 0.15) is 29.1 Å². The second-order valence-corrected chi connectivity index (χ2v) is 8.12. The van der Waals surface area contributed by atoms with E-state index in [9.17, 15) is 9.59 Å². The molecule has 152 valence electrons. The van der Waals surface area contributed by atoms with E-state index < -0.39 is 5.97 Å². The Hall–Kier alpha value is -2.72. The highest BCUT2D eigenvalue weighted by Gasteiger charge is 2.19. The first kappa shape index (κ1) is 21.0. The quantitative estimate of drug-likeness (QED) is 0.429. The lowest BCUT2D eigenvalue weighted by Crippen LogP contribution is -2.16. The van der Waals surface area contributed by atoms with E-state index in [1.807, 2.05) is 36.6 Å². The summed E-state index contributed by atoms with van der Waals surface area (Å²) in [5.41, 5.74) is 1.10. The molecule has 0 saturated carbocycles. The number of carbonyl (C=O) groups is 2. The Morgan fingerprint density at radius 2 is 2.10 bits per heavy atom. The Labute approximate surface area is 176 Å². The van der Waals surface area contributed by atoms with Crippen LogP contribution in [0.3, 0.4) is 0 Å². The minimum Gasteiger partial charge on any atom is -0.462 e. The molecule has 3 aromatic rings. The van der Waals surface area contributed by atoms with Crippen molar-refractivity contribution in [1.29, 1.82) is 0 Å². The molecule has 3 aromatic heterocycles. The average Bonchev–Trinajstić information content (AvgIpc) is 3.30. The number of hydrogen-bond donors (Lipinski definition) is 1. The summed E-state index contributed by atoms with van der Waals surface area (Å²) >= 11 is 2.63. The molecule has 1 amide bonds. The lowest BCUT2D eigenvalue weighted by Gasteiger charge is -2.08. The SMILES string of the molecule is CCOC(=O)c1cc(C)sc1NC(=O)CSc1nnc(-c2ccccn2)n1CC. The van der Waals surface area contributed by atoms with Crippen LogP contribution in [-0.2, 0) is 16.1 Å². The number of amides is 1. The Kier molecular flexibility index (Phi) is 6.99. The number of anilines is 1. The Morgan fingerprint density at radius 1 is 1.28 bits per heavy atom. The Morgan fingerprint density at radius 3 is 2.79 bits per heavy atom. The normalized spacial score (nSPS) is 10.7. The fourth-order valence-corrected chi connectivity index (χ4v) is 4.34. The number of esters is 1. The zero-order valence-electron chi connectivity index (χ0n) is 16.3. The van der Waals surface area contributed by atoms with Crippen LogP contribution >= 0.6 is 23.1 Å². The van der Waals surface area contributed by atoms with Crippen molar-refractivity contribution in [2.24, 2.45) is 0 Å². The molecule has 0 aliphatic carbocycles. The molecular weight excluding hydrogens is 410 g/mol. The van der Waals surface area contributed by atoms with Crippen LogP contribution in [0.2, 0.25) is 0 Å². The lowest BCUT2D eigenvalue weighted by atomic mass is 10.3. The molecule has 8 nitrogen and oxygen atoms in total. The highest BCUT2D eigenvalue weighted by atomic mass is 32.2. The summed E-state index contributed by atoms with van der Waals surface area (Å²) in [7, 11) is 0. The van der Waals surface area contributed by atoms with Crippen LogP contribution < -0.4 is 5.32 Å². The summed E-state index contributed by atoms with van der Waals surface area (Å²) in [5.74, 6) is 0.131. The number of carbonyl (C=O) groups excluding carboxylic acids is 2. The van der Waals surface area contributed by atoms with E-state index in [1.54, 1.807) is 19.2 Å². The minimum atomic E-state index is -0.439. The second kappa shape index (κ2) is 9.66. The maximum absolute atomic E-state index is 12.5. The Balaban J connectivity index is 1.68. The second-order valence-electron chi connectivity index (χ2n) is 5.92. The predicted molar refractivity (Wildman–Crippen MR) is 113 cm³/mol. The lowest BCUT2D eigenvalue weighted by molar-refractivity contribution is -0.113. The van der Waals surface area contributed by atoms with Gasteiger partial charge in [0.05, 0.1) is 17.9 Å². The molecule has 1 N–H and O–H groups in total. The molecule has 0 radical (unpaired) electrons. The van der Waals surface area contributed by atoms with Crippen LogP contribution in [0.25, 0.3) is 11.5 Å². The summed E-state index contributed by atoms with van der Waals surface area (Å²) < 4.78 is 6.97. The molecule has 10 heteroatoms. The van der Waals surface area contributed by atoms with Gasteiger partial charge in [0.25, 0.3) is 0 Å². The van der Waals surface area contributed by atoms with E-state index in [-0.39, 0.29) is 18.3 Å². The number of aryl methyl sites for hydroxylation is 1. The molecular formula is C19H21N5O3S2. The van der Waals surface area contributed by atoms with E-state index in [0.717, 1.165) is 10.6 Å². The number of pyridine rings is 1. The summed E-state index contributed by atoms with van der Waals surface area (Å²) in [6.07, 6.45) is 1.70. The summed E-state index contributed by atoms with van der Waals surface area (Å²) in [6.45, 7) is 6.54. The van der Waals surface area contributed by atoms with Crippen LogP contribution in [0.15, 0.2) is 35.6 Å². The van der Waals surface area contributed by atoms with Gasteiger partial charge in [0, 0.05) is 17.6 Å². The van der Waals surface area contributed by atoms with Gasteiger partial charge in [0.15, 0.2) is 11.0 Å². The van der Waals surface area contributed by atoms with E-state index in [2.05, 4.69) is 20.5 Å². The van der Waals surface area contributed by atoms with Crippen molar-refractivity contribution in [3.8, 4) is 11.5 Å². The van der Waals surface area contributed by atoms with Crippen molar-refractivity contribution in [3.05, 3.63) is 40.9 Å². The first-order chi connectivity index (χ1) is 14.0. The van der Waals surface area contributed by atoms with Crippen molar-refractivity contribution in [3.63, 3.8) is 0 Å². The van der Waals surface area contributed by atoms with Gasteiger partial charge in [-0.1, -0.05) is 17.8 Å². The molecule has 0 spiro atoms. The average molecular weight is 432 g/mol. The number of thiophene rings is 1. The van der Waals surface area contributed by atoms with Crippen LogP contribution in [-0.4, -0.2) is 44.0 Å². The van der Waals surface area contributed by atoms with E-state index in [1.165, 1.54) is 23.1 Å². The summed E-state index contributed by atoms with van der Waals surface area (Å²) in [6, 6.07) is 7.32. The number of aromatic nitrogens is 4. The van der Waals surface area contributed by atoms with E-state index >= 15 is 0 Å². The number of nitrogens with zero attached hydrogens (tertiary/aromatic N) is 4. The summed E-state index contributed by atoms with van der Waals surface area (Å²) in [5, 5.41) is 12.4. The Bertz CT molecular complexity index is 1000. The molecule has 0 atom stereocenters. The standard InChI is InChI=1S/C19H21N5O3S2/c1-4-24-16(14-8-6-7-9-20-14)22-23-19(24)28-11-15(25)21-17-13(10-12(3)29-17)18(26)27-5-2/h6-10H,4-5,11H2,1-3H3,(H,21,25). The smallest absolute Gasteiger partial charge is 0.341 e. The maximum atomic E-state index is 12.5. The molecule has 3 rings (SSSR count). The van der Waals surface area contributed by atoms with Crippen molar-refractivity contribution in [1.82, 2.24) is 19.7 Å². The van der Waals surface area contributed by atoms with Gasteiger partial charge in [-0.15, -0.1) is 21.5 Å². The molecule has 0 aliphatic heterocycles. The third-order valence-corrected chi connectivity index (χ3v) is 5.80. The van der Waals surface area contributed by atoms with Crippen molar-refractivity contribution < 1.29 is 14.3 Å². The molecule has 0 fully saturated rings. The first-order valence-electron chi connectivity index (χ1n) is 9.08. The van der Waals surface area contributed by atoms with Gasteiger partial charge < -0.3 is 14.6 Å². The van der Waals surface area contributed by atoms with Crippen molar-refractivity contribution in [2.75, 3.05) is 17.7 Å². The fraction of sp³-hybridized carbons (Fsp3) is 0.316. The van der Waals surface area contributed by atoms with E-state index in [4.69, 9.17) is 4.74 Å². The first-order valence-corrected chi connectivity index (χ1v) is 10.9. The highest BCUT2D eigenvalue weighted by Crippen LogP contribution is 2.29. The number of thioether (sulfide) groups is 1. The predicted octanol–water partition coefficient (Wildman–Crippen LogP) is 3.64.